The van der Waals surface area contributed by atoms with Crippen molar-refractivity contribution in [2.75, 3.05) is 4.90 Å². The fourth-order valence-corrected chi connectivity index (χ4v) is 8.35. The van der Waals surface area contributed by atoms with E-state index in [1.165, 1.54) is 49.7 Å². The number of para-hydroxylation sites is 2. The highest BCUT2D eigenvalue weighted by atomic mass is 16.5. The van der Waals surface area contributed by atoms with Crippen LogP contribution < -0.4 is 9.64 Å². The minimum Gasteiger partial charge on any atom is -0.457 e. The predicted molar refractivity (Wildman–Crippen MR) is 201 cm³/mol. The van der Waals surface area contributed by atoms with E-state index in [1.54, 1.807) is 0 Å². The second kappa shape index (κ2) is 10.8. The molecule has 1 unspecified atom stereocenters. The lowest BCUT2D eigenvalue weighted by Gasteiger charge is -2.41. The Labute approximate surface area is 286 Å². The number of anilines is 3. The first-order chi connectivity index (χ1) is 24.3. The van der Waals surface area contributed by atoms with Crippen LogP contribution in [0.25, 0.3) is 33.0 Å². The molecule has 2 heteroatoms. The van der Waals surface area contributed by atoms with E-state index in [1.807, 2.05) is 0 Å². The summed E-state index contributed by atoms with van der Waals surface area (Å²) < 4.78 is 6.81. The van der Waals surface area contributed by atoms with E-state index in [-0.39, 0.29) is 0 Å². The maximum absolute atomic E-state index is 6.81. The first kappa shape index (κ1) is 27.7. The Morgan fingerprint density at radius 3 is 1.92 bits per heavy atom. The zero-order chi connectivity index (χ0) is 32.4. The Morgan fingerprint density at radius 2 is 1.04 bits per heavy atom. The SMILES string of the molecule is c1ccc(-c2cccc3c2C2(c4ccccc4O3)c3ccccc3-c3ccc(N(c4ccccc4)c4cccc5ccccc45)cc32)cc1. The van der Waals surface area contributed by atoms with E-state index in [2.05, 4.69) is 193 Å². The Kier molecular flexibility index (Phi) is 6.13. The number of nitrogens with zero attached hydrogens (tertiary/aromatic N) is 1. The summed E-state index contributed by atoms with van der Waals surface area (Å²) in [6, 6.07) is 67.8. The molecular formula is C47H31NO. The molecule has 10 rings (SSSR count). The van der Waals surface area contributed by atoms with Crippen LogP contribution in [0.1, 0.15) is 22.3 Å². The van der Waals surface area contributed by atoms with Crippen LogP contribution in [0.3, 0.4) is 0 Å². The fraction of sp³-hybridized carbons (Fsp3) is 0.0213. The molecule has 230 valence electrons. The highest BCUT2D eigenvalue weighted by Crippen LogP contribution is 2.64. The summed E-state index contributed by atoms with van der Waals surface area (Å²) >= 11 is 0. The molecule has 8 aromatic carbocycles. The molecule has 0 radical (unpaired) electrons. The Balaban J connectivity index is 1.32. The maximum Gasteiger partial charge on any atom is 0.132 e. The van der Waals surface area contributed by atoms with Crippen molar-refractivity contribution in [2.45, 2.75) is 5.41 Å². The quantitative estimate of drug-likeness (QED) is 0.193. The minimum atomic E-state index is -0.611. The van der Waals surface area contributed by atoms with Gasteiger partial charge < -0.3 is 9.64 Å². The maximum atomic E-state index is 6.81. The Bertz CT molecular complexity index is 2530. The second-order valence-corrected chi connectivity index (χ2v) is 12.8. The van der Waals surface area contributed by atoms with Gasteiger partial charge in [-0.3, -0.25) is 0 Å². The van der Waals surface area contributed by atoms with Gasteiger partial charge in [-0.1, -0.05) is 146 Å². The predicted octanol–water partition coefficient (Wildman–Crippen LogP) is 12.4. The third kappa shape index (κ3) is 4.01. The molecule has 0 saturated heterocycles. The van der Waals surface area contributed by atoms with Crippen LogP contribution in [0.15, 0.2) is 188 Å². The second-order valence-electron chi connectivity index (χ2n) is 12.8. The van der Waals surface area contributed by atoms with Gasteiger partial charge in [0.05, 0.1) is 11.1 Å². The molecule has 2 nitrogen and oxygen atoms in total. The number of benzene rings is 8. The molecule has 8 aromatic rings. The summed E-state index contributed by atoms with van der Waals surface area (Å²) in [5, 5.41) is 2.42. The Hall–Kier alpha value is -6.38. The lowest BCUT2D eigenvalue weighted by molar-refractivity contribution is 0.437. The van der Waals surface area contributed by atoms with E-state index >= 15 is 0 Å². The average molecular weight is 626 g/mol. The van der Waals surface area contributed by atoms with Gasteiger partial charge in [0.2, 0.25) is 0 Å². The lowest BCUT2D eigenvalue weighted by Crippen LogP contribution is -2.33. The fourth-order valence-electron chi connectivity index (χ4n) is 8.35. The van der Waals surface area contributed by atoms with Gasteiger partial charge >= 0.3 is 0 Å². The molecule has 0 fully saturated rings. The minimum absolute atomic E-state index is 0.611. The summed E-state index contributed by atoms with van der Waals surface area (Å²) in [5.41, 5.74) is 12.5. The molecular weight excluding hydrogens is 595 g/mol. The molecule has 0 saturated carbocycles. The van der Waals surface area contributed by atoms with Gasteiger partial charge in [-0.05, 0) is 81.2 Å². The van der Waals surface area contributed by atoms with Crippen LogP contribution >= 0.6 is 0 Å². The van der Waals surface area contributed by atoms with E-state index < -0.39 is 5.41 Å². The summed E-state index contributed by atoms with van der Waals surface area (Å²) in [7, 11) is 0. The van der Waals surface area contributed by atoms with Gasteiger partial charge in [-0.2, -0.15) is 0 Å². The van der Waals surface area contributed by atoms with Gasteiger partial charge in [0.1, 0.15) is 11.5 Å². The largest absolute Gasteiger partial charge is 0.457 e. The molecule has 0 N–H and O–H groups in total. The van der Waals surface area contributed by atoms with Crippen molar-refractivity contribution in [3.63, 3.8) is 0 Å². The van der Waals surface area contributed by atoms with Crippen LogP contribution in [0.5, 0.6) is 11.5 Å². The third-order valence-electron chi connectivity index (χ3n) is 10.3. The number of rotatable bonds is 4. The van der Waals surface area contributed by atoms with E-state index in [4.69, 9.17) is 4.74 Å². The molecule has 0 bridgehead atoms. The lowest BCUT2D eigenvalue weighted by atomic mass is 9.64. The van der Waals surface area contributed by atoms with E-state index in [9.17, 15) is 0 Å². The molecule has 1 heterocycles. The Morgan fingerprint density at radius 1 is 0.408 bits per heavy atom. The zero-order valence-electron chi connectivity index (χ0n) is 26.8. The van der Waals surface area contributed by atoms with Crippen molar-refractivity contribution < 1.29 is 4.74 Å². The van der Waals surface area contributed by atoms with Crippen molar-refractivity contribution in [1.29, 1.82) is 0 Å². The van der Waals surface area contributed by atoms with Gasteiger partial charge in [-0.15, -0.1) is 0 Å². The first-order valence-electron chi connectivity index (χ1n) is 16.9. The average Bonchev–Trinajstić information content (AvgIpc) is 3.45. The van der Waals surface area contributed by atoms with Crippen LogP contribution in [0.4, 0.5) is 17.1 Å². The summed E-state index contributed by atoms with van der Waals surface area (Å²) in [6.45, 7) is 0. The van der Waals surface area contributed by atoms with Crippen molar-refractivity contribution in [3.8, 4) is 33.8 Å². The van der Waals surface area contributed by atoms with Crippen molar-refractivity contribution in [1.82, 2.24) is 0 Å². The third-order valence-corrected chi connectivity index (χ3v) is 10.3. The van der Waals surface area contributed by atoms with E-state index in [0.717, 1.165) is 34.1 Å². The molecule has 49 heavy (non-hydrogen) atoms. The van der Waals surface area contributed by atoms with Gasteiger partial charge in [-0.25, -0.2) is 0 Å². The highest BCUT2D eigenvalue weighted by molar-refractivity contribution is 6.00. The smallest absolute Gasteiger partial charge is 0.132 e. The number of hydrogen-bond donors (Lipinski definition) is 0. The van der Waals surface area contributed by atoms with Crippen LogP contribution in [0.2, 0.25) is 0 Å². The van der Waals surface area contributed by atoms with Crippen molar-refractivity contribution >= 4 is 27.8 Å². The first-order valence-corrected chi connectivity index (χ1v) is 16.9. The van der Waals surface area contributed by atoms with Gasteiger partial charge in [0, 0.05) is 27.9 Å². The normalized spacial score (nSPS) is 15.2. The van der Waals surface area contributed by atoms with Crippen LogP contribution in [-0.4, -0.2) is 0 Å². The zero-order valence-corrected chi connectivity index (χ0v) is 26.8. The molecule has 2 aliphatic rings. The van der Waals surface area contributed by atoms with E-state index in [0.29, 0.717) is 0 Å². The molecule has 0 aromatic heterocycles. The molecule has 0 amide bonds. The highest BCUT2D eigenvalue weighted by Gasteiger charge is 2.52. The summed E-state index contributed by atoms with van der Waals surface area (Å²) in [6.07, 6.45) is 0. The number of hydrogen-bond acceptors (Lipinski definition) is 2. The van der Waals surface area contributed by atoms with Crippen LogP contribution in [-0.2, 0) is 5.41 Å². The van der Waals surface area contributed by atoms with Crippen molar-refractivity contribution in [2.24, 2.45) is 0 Å². The molecule has 1 aliphatic carbocycles. The molecule has 1 aliphatic heterocycles. The van der Waals surface area contributed by atoms with Gasteiger partial charge in [0.15, 0.2) is 0 Å². The topological polar surface area (TPSA) is 12.5 Å². The monoisotopic (exact) mass is 625 g/mol. The summed E-state index contributed by atoms with van der Waals surface area (Å²) in [5.74, 6) is 1.78. The molecule has 1 atom stereocenters. The van der Waals surface area contributed by atoms with Crippen LogP contribution in [0, 0.1) is 0 Å². The standard InChI is InChI=1S/C47H31NO/c1-3-15-33(16-4-1)37-23-14-28-45-46(37)47(41-25-11-12-27-44(41)49-45)40-24-10-9-22-38(40)39-30-29-35(31-42(39)47)48(34-19-5-2-6-20-34)43-26-13-18-32-17-7-8-21-36(32)43/h1-31H. The number of fused-ring (bicyclic) bond motifs is 10. The van der Waals surface area contributed by atoms with Gasteiger partial charge in [0.25, 0.3) is 0 Å². The van der Waals surface area contributed by atoms with Crippen molar-refractivity contribution in [3.05, 3.63) is 210 Å². The molecule has 1 spiro atoms. The summed E-state index contributed by atoms with van der Waals surface area (Å²) in [4.78, 5) is 2.41. The number of ether oxygens (including phenoxy) is 1.